The van der Waals surface area contributed by atoms with E-state index < -0.39 is 0 Å². The first kappa shape index (κ1) is 25.5. The van der Waals surface area contributed by atoms with Crippen molar-refractivity contribution in [2.45, 2.75) is 0 Å². The Hall–Kier alpha value is -4.74. The van der Waals surface area contributed by atoms with Crippen LogP contribution in [0.5, 0.6) is 5.75 Å². The molecule has 3 N–H and O–H groups in total. The standard InChI is InChI=1S/C35H24BrFN2O/c36-27-12-4-9-24(19-27)32-30(22-7-2-1-3-8-22)31(23-15-17-39-18-16-23)34(26-11-6-14-29(38)21-26)35(40)33(32)25-10-5-13-28(37)20-25/h1-21,40H,38H2. The monoisotopic (exact) mass is 586 g/mol. The van der Waals surface area contributed by atoms with Gasteiger partial charge in [-0.05, 0) is 81.9 Å². The molecular weight excluding hydrogens is 563 g/mol. The van der Waals surface area contributed by atoms with Crippen molar-refractivity contribution in [2.75, 3.05) is 5.73 Å². The summed E-state index contributed by atoms with van der Waals surface area (Å²) in [4.78, 5) is 4.25. The highest BCUT2D eigenvalue weighted by Crippen LogP contribution is 2.55. The van der Waals surface area contributed by atoms with Gasteiger partial charge in [-0.25, -0.2) is 4.39 Å². The Morgan fingerprint density at radius 2 is 1.07 bits per heavy atom. The molecule has 1 heterocycles. The van der Waals surface area contributed by atoms with E-state index in [1.165, 1.54) is 12.1 Å². The van der Waals surface area contributed by atoms with Crippen molar-refractivity contribution < 1.29 is 9.50 Å². The van der Waals surface area contributed by atoms with Gasteiger partial charge >= 0.3 is 0 Å². The Bertz CT molecular complexity index is 1840. The quantitative estimate of drug-likeness (QED) is 0.198. The van der Waals surface area contributed by atoms with Crippen LogP contribution in [0.15, 0.2) is 132 Å². The molecule has 0 amide bonds. The molecule has 0 saturated carbocycles. The van der Waals surface area contributed by atoms with Crippen LogP contribution in [0.25, 0.3) is 55.6 Å². The zero-order valence-corrected chi connectivity index (χ0v) is 22.9. The molecule has 194 valence electrons. The van der Waals surface area contributed by atoms with E-state index in [9.17, 15) is 9.50 Å². The summed E-state index contributed by atoms with van der Waals surface area (Å²) >= 11 is 3.63. The minimum atomic E-state index is -0.387. The van der Waals surface area contributed by atoms with E-state index in [1.807, 2.05) is 84.9 Å². The molecule has 0 unspecified atom stereocenters. The van der Waals surface area contributed by atoms with Gasteiger partial charge in [0, 0.05) is 44.8 Å². The molecule has 5 heteroatoms. The maximum Gasteiger partial charge on any atom is 0.132 e. The van der Waals surface area contributed by atoms with Crippen LogP contribution in [-0.2, 0) is 0 Å². The van der Waals surface area contributed by atoms with Crippen LogP contribution in [0.2, 0.25) is 0 Å². The molecule has 1 aromatic heterocycles. The van der Waals surface area contributed by atoms with E-state index in [0.717, 1.165) is 43.4 Å². The number of hydrogen-bond donors (Lipinski definition) is 2. The van der Waals surface area contributed by atoms with Crippen molar-refractivity contribution in [2.24, 2.45) is 0 Å². The number of nitrogens with zero attached hydrogens (tertiary/aromatic N) is 1. The van der Waals surface area contributed by atoms with E-state index in [0.29, 0.717) is 22.4 Å². The molecule has 6 rings (SSSR count). The zero-order chi connectivity index (χ0) is 27.6. The number of pyridine rings is 1. The SMILES string of the molecule is Nc1cccc(-c2c(O)c(-c3cccc(F)c3)c(-c3cccc(Br)c3)c(-c3ccccc3)c2-c2ccncc2)c1. The van der Waals surface area contributed by atoms with Crippen LogP contribution in [0.1, 0.15) is 0 Å². The first-order valence-electron chi connectivity index (χ1n) is 12.8. The average Bonchev–Trinajstić information content (AvgIpc) is 2.97. The van der Waals surface area contributed by atoms with Crippen molar-refractivity contribution in [3.05, 3.63) is 138 Å². The fraction of sp³-hybridized carbons (Fsp3) is 0. The summed E-state index contributed by atoms with van der Waals surface area (Å²) in [6.07, 6.45) is 3.48. The number of nitrogens with two attached hydrogens (primary N) is 1. The van der Waals surface area contributed by atoms with E-state index in [-0.39, 0.29) is 11.6 Å². The Labute approximate surface area is 240 Å². The number of phenolic OH excluding ortho intramolecular Hbond substituents is 1. The van der Waals surface area contributed by atoms with Gasteiger partial charge < -0.3 is 10.8 Å². The van der Waals surface area contributed by atoms with E-state index in [4.69, 9.17) is 5.73 Å². The minimum Gasteiger partial charge on any atom is -0.507 e. The number of hydrogen-bond acceptors (Lipinski definition) is 3. The molecule has 0 atom stereocenters. The number of aromatic hydroxyl groups is 1. The molecular formula is C35H24BrFN2O. The maximum atomic E-state index is 14.7. The lowest BCUT2D eigenvalue weighted by atomic mass is 9.78. The zero-order valence-electron chi connectivity index (χ0n) is 21.4. The highest BCUT2D eigenvalue weighted by Gasteiger charge is 2.28. The van der Waals surface area contributed by atoms with Crippen molar-refractivity contribution in [1.82, 2.24) is 4.98 Å². The van der Waals surface area contributed by atoms with Crippen LogP contribution in [-0.4, -0.2) is 10.1 Å². The van der Waals surface area contributed by atoms with Gasteiger partial charge in [0.1, 0.15) is 11.6 Å². The molecule has 40 heavy (non-hydrogen) atoms. The lowest BCUT2D eigenvalue weighted by Crippen LogP contribution is -2.00. The van der Waals surface area contributed by atoms with Crippen LogP contribution < -0.4 is 5.73 Å². The third-order valence-electron chi connectivity index (χ3n) is 6.91. The van der Waals surface area contributed by atoms with Crippen LogP contribution in [0.3, 0.4) is 0 Å². The summed E-state index contributed by atoms with van der Waals surface area (Å²) in [5, 5.41) is 12.3. The van der Waals surface area contributed by atoms with Crippen molar-refractivity contribution >= 4 is 21.6 Å². The number of benzene rings is 5. The Morgan fingerprint density at radius 1 is 0.550 bits per heavy atom. The van der Waals surface area contributed by atoms with Crippen LogP contribution >= 0.6 is 15.9 Å². The van der Waals surface area contributed by atoms with Gasteiger partial charge in [-0.15, -0.1) is 0 Å². The van der Waals surface area contributed by atoms with Gasteiger partial charge in [0.15, 0.2) is 0 Å². The normalized spacial score (nSPS) is 10.9. The lowest BCUT2D eigenvalue weighted by molar-refractivity contribution is 0.480. The molecule has 5 aromatic carbocycles. The Kier molecular flexibility index (Phi) is 6.89. The predicted octanol–water partition coefficient (Wildman–Crippen LogP) is 9.61. The second kappa shape index (κ2) is 10.8. The second-order valence-electron chi connectivity index (χ2n) is 9.47. The molecule has 0 fully saturated rings. The molecule has 0 aliphatic carbocycles. The van der Waals surface area contributed by atoms with Crippen molar-refractivity contribution in [3.8, 4) is 61.4 Å². The van der Waals surface area contributed by atoms with Gasteiger partial charge in [0.25, 0.3) is 0 Å². The summed E-state index contributed by atoms with van der Waals surface area (Å²) in [7, 11) is 0. The number of aromatic nitrogens is 1. The number of nitrogen functional groups attached to an aromatic ring is 1. The van der Waals surface area contributed by atoms with E-state index in [2.05, 4.69) is 33.0 Å². The minimum absolute atomic E-state index is 0.0395. The van der Waals surface area contributed by atoms with Gasteiger partial charge in [-0.3, -0.25) is 4.98 Å². The smallest absolute Gasteiger partial charge is 0.132 e. The molecule has 0 aliphatic heterocycles. The molecule has 0 bridgehead atoms. The molecule has 0 saturated heterocycles. The summed E-state index contributed by atoms with van der Waals surface area (Å²) in [6.45, 7) is 0. The third kappa shape index (κ3) is 4.76. The van der Waals surface area contributed by atoms with Crippen LogP contribution in [0, 0.1) is 5.82 Å². The summed E-state index contributed by atoms with van der Waals surface area (Å²) in [5.74, 6) is -0.347. The van der Waals surface area contributed by atoms with Gasteiger partial charge in [0.2, 0.25) is 0 Å². The number of anilines is 1. The summed E-state index contributed by atoms with van der Waals surface area (Å²) in [5.41, 5.74) is 14.5. The highest BCUT2D eigenvalue weighted by molar-refractivity contribution is 9.10. The number of halogens is 2. The van der Waals surface area contributed by atoms with Crippen molar-refractivity contribution in [1.29, 1.82) is 0 Å². The van der Waals surface area contributed by atoms with Gasteiger partial charge in [0.05, 0.1) is 0 Å². The molecule has 0 aliphatic rings. The Balaban J connectivity index is 1.90. The first-order valence-corrected chi connectivity index (χ1v) is 13.6. The summed E-state index contributed by atoms with van der Waals surface area (Å²) < 4.78 is 15.6. The van der Waals surface area contributed by atoms with E-state index >= 15 is 0 Å². The topological polar surface area (TPSA) is 59.1 Å². The molecule has 0 spiro atoms. The first-order chi connectivity index (χ1) is 19.5. The molecule has 6 aromatic rings. The largest absolute Gasteiger partial charge is 0.507 e. The third-order valence-corrected chi connectivity index (χ3v) is 7.40. The molecule has 0 radical (unpaired) electrons. The summed E-state index contributed by atoms with van der Waals surface area (Å²) in [6, 6.07) is 35.7. The van der Waals surface area contributed by atoms with Gasteiger partial charge in [-0.2, -0.15) is 0 Å². The fourth-order valence-corrected chi connectivity index (χ4v) is 5.67. The number of rotatable bonds is 5. The fourth-order valence-electron chi connectivity index (χ4n) is 5.27. The molecule has 3 nitrogen and oxygen atoms in total. The Morgan fingerprint density at radius 3 is 1.73 bits per heavy atom. The average molecular weight is 587 g/mol. The predicted molar refractivity (Wildman–Crippen MR) is 165 cm³/mol. The van der Waals surface area contributed by atoms with Crippen molar-refractivity contribution in [3.63, 3.8) is 0 Å². The lowest BCUT2D eigenvalue weighted by Gasteiger charge is -2.26. The number of phenols is 1. The van der Waals surface area contributed by atoms with Gasteiger partial charge in [-0.1, -0.05) is 82.7 Å². The van der Waals surface area contributed by atoms with E-state index in [1.54, 1.807) is 18.5 Å². The highest BCUT2D eigenvalue weighted by atomic mass is 79.9. The maximum absolute atomic E-state index is 14.7. The second-order valence-corrected chi connectivity index (χ2v) is 10.4. The van der Waals surface area contributed by atoms with Crippen LogP contribution in [0.4, 0.5) is 10.1 Å².